The molecule has 0 spiro atoms. The molecule has 2 fully saturated rings. The molecule has 2 saturated heterocycles. The molecule has 2 atom stereocenters. The molecule has 0 aromatic heterocycles. The summed E-state index contributed by atoms with van der Waals surface area (Å²) in [6.45, 7) is 5.94. The lowest BCUT2D eigenvalue weighted by Crippen LogP contribution is -2.52. The smallest absolute Gasteiger partial charge is 0.245 e. The Morgan fingerprint density at radius 2 is 2.16 bits per heavy atom. The van der Waals surface area contributed by atoms with E-state index in [1.807, 2.05) is 6.92 Å². The summed E-state index contributed by atoms with van der Waals surface area (Å²) in [5, 5.41) is 6.06. The number of carbonyl (C=O) groups excluding carboxylic acids is 2. The molecule has 0 saturated carbocycles. The fraction of sp³-hybridized carbons (Fsp3) is 0.846. The number of rotatable bonds is 4. The number of amides is 2. The molecule has 0 radical (unpaired) electrons. The summed E-state index contributed by atoms with van der Waals surface area (Å²) in [6, 6.07) is -0.397. The average Bonchev–Trinajstić information content (AvgIpc) is 2.99. The van der Waals surface area contributed by atoms with Crippen LogP contribution in [0, 0.1) is 5.92 Å². The Kier molecular flexibility index (Phi) is 5.15. The molecular weight excluding hydrogens is 246 g/mol. The lowest BCUT2D eigenvalue weighted by molar-refractivity contribution is -0.140. The fourth-order valence-corrected chi connectivity index (χ4v) is 2.51. The van der Waals surface area contributed by atoms with Gasteiger partial charge >= 0.3 is 0 Å². The zero-order valence-electron chi connectivity index (χ0n) is 11.5. The molecule has 2 rings (SSSR count). The van der Waals surface area contributed by atoms with Crippen molar-refractivity contribution < 1.29 is 14.3 Å². The molecular formula is C13H23N3O3. The third-order valence-corrected chi connectivity index (χ3v) is 3.78. The van der Waals surface area contributed by atoms with E-state index < -0.39 is 6.04 Å². The SMILES string of the molecule is CCC(NC(=O)C1CCNC1)C(=O)N1CCOCC1. The zero-order valence-corrected chi connectivity index (χ0v) is 11.5. The molecule has 2 amide bonds. The molecule has 0 aliphatic carbocycles. The summed E-state index contributed by atoms with van der Waals surface area (Å²) in [5.41, 5.74) is 0. The summed E-state index contributed by atoms with van der Waals surface area (Å²) in [6.07, 6.45) is 1.48. The molecule has 2 aliphatic rings. The minimum atomic E-state index is -0.397. The van der Waals surface area contributed by atoms with Gasteiger partial charge in [0, 0.05) is 19.6 Å². The van der Waals surface area contributed by atoms with Crippen molar-refractivity contribution >= 4 is 11.8 Å². The summed E-state index contributed by atoms with van der Waals surface area (Å²) < 4.78 is 5.24. The predicted octanol–water partition coefficient (Wildman–Crippen LogP) is -0.650. The number of carbonyl (C=O) groups is 2. The third kappa shape index (κ3) is 3.67. The predicted molar refractivity (Wildman–Crippen MR) is 70.6 cm³/mol. The van der Waals surface area contributed by atoms with E-state index in [1.165, 1.54) is 0 Å². The van der Waals surface area contributed by atoms with Gasteiger partial charge in [-0.1, -0.05) is 6.92 Å². The van der Waals surface area contributed by atoms with Crippen LogP contribution in [-0.2, 0) is 14.3 Å². The van der Waals surface area contributed by atoms with Crippen LogP contribution in [0.25, 0.3) is 0 Å². The van der Waals surface area contributed by atoms with Gasteiger partial charge in [-0.3, -0.25) is 9.59 Å². The average molecular weight is 269 g/mol. The van der Waals surface area contributed by atoms with E-state index in [0.717, 1.165) is 13.0 Å². The minimum absolute atomic E-state index is 0.00143. The molecule has 6 heteroatoms. The van der Waals surface area contributed by atoms with Crippen molar-refractivity contribution in [3.63, 3.8) is 0 Å². The topological polar surface area (TPSA) is 70.7 Å². The highest BCUT2D eigenvalue weighted by Gasteiger charge is 2.29. The van der Waals surface area contributed by atoms with Gasteiger partial charge in [-0.15, -0.1) is 0 Å². The van der Waals surface area contributed by atoms with E-state index in [4.69, 9.17) is 4.74 Å². The van der Waals surface area contributed by atoms with Gasteiger partial charge in [0.1, 0.15) is 6.04 Å². The number of ether oxygens (including phenoxy) is 1. The highest BCUT2D eigenvalue weighted by molar-refractivity contribution is 5.88. The molecule has 2 N–H and O–H groups in total. The number of morpholine rings is 1. The van der Waals surface area contributed by atoms with Gasteiger partial charge in [-0.25, -0.2) is 0 Å². The minimum Gasteiger partial charge on any atom is -0.378 e. The Bertz CT molecular complexity index is 323. The largest absolute Gasteiger partial charge is 0.378 e. The van der Waals surface area contributed by atoms with Crippen LogP contribution in [-0.4, -0.2) is 62.1 Å². The van der Waals surface area contributed by atoms with E-state index in [2.05, 4.69) is 10.6 Å². The van der Waals surface area contributed by atoms with Crippen molar-refractivity contribution in [1.29, 1.82) is 0 Å². The number of hydrogen-bond donors (Lipinski definition) is 2. The van der Waals surface area contributed by atoms with Crippen molar-refractivity contribution in [2.75, 3.05) is 39.4 Å². The molecule has 19 heavy (non-hydrogen) atoms. The van der Waals surface area contributed by atoms with Gasteiger partial charge in [0.05, 0.1) is 19.1 Å². The Balaban J connectivity index is 1.87. The van der Waals surface area contributed by atoms with E-state index in [-0.39, 0.29) is 17.7 Å². The van der Waals surface area contributed by atoms with Crippen LogP contribution < -0.4 is 10.6 Å². The first kappa shape index (κ1) is 14.3. The van der Waals surface area contributed by atoms with Crippen molar-refractivity contribution in [3.8, 4) is 0 Å². The number of nitrogens with one attached hydrogen (secondary N) is 2. The molecule has 2 aliphatic heterocycles. The zero-order chi connectivity index (χ0) is 13.7. The maximum Gasteiger partial charge on any atom is 0.245 e. The van der Waals surface area contributed by atoms with Gasteiger partial charge in [0.2, 0.25) is 11.8 Å². The summed E-state index contributed by atoms with van der Waals surface area (Å²) in [7, 11) is 0. The summed E-state index contributed by atoms with van der Waals surface area (Å²) >= 11 is 0. The second kappa shape index (κ2) is 6.86. The summed E-state index contributed by atoms with van der Waals surface area (Å²) in [5.74, 6) is 0.0232. The van der Waals surface area contributed by atoms with Crippen molar-refractivity contribution in [3.05, 3.63) is 0 Å². The Labute approximate surface area is 113 Å². The second-order valence-corrected chi connectivity index (χ2v) is 5.10. The van der Waals surface area contributed by atoms with Gasteiger partial charge in [0.25, 0.3) is 0 Å². The van der Waals surface area contributed by atoms with Crippen LogP contribution in [0.4, 0.5) is 0 Å². The van der Waals surface area contributed by atoms with E-state index >= 15 is 0 Å². The first-order valence-electron chi connectivity index (χ1n) is 7.10. The number of hydrogen-bond acceptors (Lipinski definition) is 4. The maximum absolute atomic E-state index is 12.3. The van der Waals surface area contributed by atoms with Gasteiger partial charge < -0.3 is 20.3 Å². The van der Waals surface area contributed by atoms with E-state index in [9.17, 15) is 9.59 Å². The van der Waals surface area contributed by atoms with Gasteiger partial charge in [0.15, 0.2) is 0 Å². The molecule has 0 aromatic rings. The summed E-state index contributed by atoms with van der Waals surface area (Å²) in [4.78, 5) is 26.2. The van der Waals surface area contributed by atoms with Crippen LogP contribution in [0.5, 0.6) is 0 Å². The highest BCUT2D eigenvalue weighted by Crippen LogP contribution is 2.09. The van der Waals surface area contributed by atoms with E-state index in [0.29, 0.717) is 39.3 Å². The standard InChI is InChI=1S/C13H23N3O3/c1-2-11(13(18)16-5-7-19-8-6-16)15-12(17)10-3-4-14-9-10/h10-11,14H,2-9H2,1H3,(H,15,17). The van der Waals surface area contributed by atoms with Gasteiger partial charge in [-0.2, -0.15) is 0 Å². The van der Waals surface area contributed by atoms with Crippen LogP contribution in [0.2, 0.25) is 0 Å². The second-order valence-electron chi connectivity index (χ2n) is 5.10. The van der Waals surface area contributed by atoms with E-state index in [1.54, 1.807) is 4.90 Å². The fourth-order valence-electron chi connectivity index (χ4n) is 2.51. The quantitative estimate of drug-likeness (QED) is 0.711. The Morgan fingerprint density at radius 3 is 2.74 bits per heavy atom. The molecule has 0 aromatic carbocycles. The normalized spacial score (nSPS) is 25.1. The molecule has 6 nitrogen and oxygen atoms in total. The molecule has 108 valence electrons. The molecule has 0 bridgehead atoms. The van der Waals surface area contributed by atoms with Gasteiger partial charge in [-0.05, 0) is 19.4 Å². The van der Waals surface area contributed by atoms with Crippen LogP contribution in [0.1, 0.15) is 19.8 Å². The Morgan fingerprint density at radius 1 is 1.42 bits per heavy atom. The third-order valence-electron chi connectivity index (χ3n) is 3.78. The first-order valence-corrected chi connectivity index (χ1v) is 7.10. The Hall–Kier alpha value is -1.14. The molecule has 2 unspecified atom stereocenters. The van der Waals surface area contributed by atoms with Crippen molar-refractivity contribution in [1.82, 2.24) is 15.5 Å². The highest BCUT2D eigenvalue weighted by atomic mass is 16.5. The van der Waals surface area contributed by atoms with Crippen molar-refractivity contribution in [2.45, 2.75) is 25.8 Å². The molecule has 2 heterocycles. The van der Waals surface area contributed by atoms with Crippen molar-refractivity contribution in [2.24, 2.45) is 5.92 Å². The van der Waals surface area contributed by atoms with Crippen LogP contribution in [0.3, 0.4) is 0 Å². The maximum atomic E-state index is 12.3. The lowest BCUT2D eigenvalue weighted by atomic mass is 10.1. The number of nitrogens with zero attached hydrogens (tertiary/aromatic N) is 1. The lowest BCUT2D eigenvalue weighted by Gasteiger charge is -2.30. The van der Waals surface area contributed by atoms with Crippen LogP contribution >= 0.6 is 0 Å². The first-order chi connectivity index (χ1) is 9.22. The monoisotopic (exact) mass is 269 g/mol. The van der Waals surface area contributed by atoms with Crippen LogP contribution in [0.15, 0.2) is 0 Å².